The second-order valence-corrected chi connectivity index (χ2v) is 7.68. The van der Waals surface area contributed by atoms with Gasteiger partial charge in [-0.15, -0.1) is 23.5 Å². The van der Waals surface area contributed by atoms with Gasteiger partial charge in [-0.1, -0.05) is 40.0 Å². The first-order valence-corrected chi connectivity index (χ1v) is 10.3. The first-order chi connectivity index (χ1) is 10.5. The van der Waals surface area contributed by atoms with Gasteiger partial charge < -0.3 is 10.2 Å². The van der Waals surface area contributed by atoms with E-state index >= 15 is 0 Å². The fourth-order valence-electron chi connectivity index (χ4n) is 1.90. The number of unbranched alkanes of at least 4 members (excludes halogenated alkanes) is 2. The van der Waals surface area contributed by atoms with Gasteiger partial charge in [0.05, 0.1) is 5.92 Å². The van der Waals surface area contributed by atoms with Crippen molar-refractivity contribution in [2.24, 2.45) is 5.92 Å². The van der Waals surface area contributed by atoms with Gasteiger partial charge in [0.1, 0.15) is 0 Å². The number of carbonyl (C=O) groups excluding carboxylic acids is 2. The van der Waals surface area contributed by atoms with Crippen LogP contribution in [0.2, 0.25) is 0 Å². The average molecular weight is 351 g/mol. The standard InChI is InChI=1S/C16H30O4S2/c1-4-7-10-21-15(19)13(17)12(9-6-3)14(18)16(20)22-11-8-5-2/h12,15-16,19-20H,4-11H2,1-3H3. The van der Waals surface area contributed by atoms with Gasteiger partial charge in [-0.05, 0) is 30.8 Å². The summed E-state index contributed by atoms with van der Waals surface area (Å²) in [6.45, 7) is 5.98. The number of aliphatic hydroxyl groups excluding tert-OH is 2. The van der Waals surface area contributed by atoms with E-state index in [9.17, 15) is 19.8 Å². The van der Waals surface area contributed by atoms with Crippen molar-refractivity contribution in [3.05, 3.63) is 0 Å². The number of aliphatic hydroxyl groups is 2. The first kappa shape index (κ1) is 22.0. The highest BCUT2D eigenvalue weighted by molar-refractivity contribution is 8.00. The predicted molar refractivity (Wildman–Crippen MR) is 95.2 cm³/mol. The molecule has 2 atom stereocenters. The largest absolute Gasteiger partial charge is 0.375 e. The van der Waals surface area contributed by atoms with Crippen molar-refractivity contribution in [3.8, 4) is 0 Å². The molecule has 0 saturated carbocycles. The van der Waals surface area contributed by atoms with Crippen LogP contribution in [-0.4, -0.2) is 44.2 Å². The molecule has 2 unspecified atom stereocenters. The molecule has 0 heterocycles. The molecule has 0 aliphatic heterocycles. The van der Waals surface area contributed by atoms with Crippen LogP contribution in [0, 0.1) is 5.92 Å². The van der Waals surface area contributed by atoms with E-state index in [0.29, 0.717) is 24.3 Å². The van der Waals surface area contributed by atoms with E-state index in [1.54, 1.807) is 0 Å². The molecule has 0 radical (unpaired) electrons. The lowest BCUT2D eigenvalue weighted by Crippen LogP contribution is -2.36. The van der Waals surface area contributed by atoms with Gasteiger partial charge in [-0.3, -0.25) is 9.59 Å². The smallest absolute Gasteiger partial charge is 0.182 e. The average Bonchev–Trinajstić information content (AvgIpc) is 2.51. The van der Waals surface area contributed by atoms with E-state index in [1.807, 2.05) is 20.8 Å². The molecule has 0 bridgehead atoms. The van der Waals surface area contributed by atoms with E-state index in [-0.39, 0.29) is 0 Å². The van der Waals surface area contributed by atoms with Crippen LogP contribution in [0.3, 0.4) is 0 Å². The normalized spacial score (nSPS) is 15.3. The Kier molecular flexibility index (Phi) is 13.4. The number of Topliss-reactive ketones (excluding diaryl/α,β-unsaturated/α-hetero) is 2. The van der Waals surface area contributed by atoms with Gasteiger partial charge in [0.25, 0.3) is 0 Å². The van der Waals surface area contributed by atoms with Crippen LogP contribution >= 0.6 is 23.5 Å². The molecule has 0 saturated heterocycles. The first-order valence-electron chi connectivity index (χ1n) is 8.16. The molecule has 0 aromatic carbocycles. The van der Waals surface area contributed by atoms with Crippen molar-refractivity contribution >= 4 is 35.1 Å². The van der Waals surface area contributed by atoms with Crippen LogP contribution in [-0.2, 0) is 9.59 Å². The van der Waals surface area contributed by atoms with Crippen molar-refractivity contribution in [1.29, 1.82) is 0 Å². The molecule has 0 aliphatic rings. The minimum atomic E-state index is -1.17. The van der Waals surface area contributed by atoms with Gasteiger partial charge in [-0.2, -0.15) is 0 Å². The second kappa shape index (κ2) is 13.4. The minimum absolute atomic E-state index is 0.383. The highest BCUT2D eigenvalue weighted by Gasteiger charge is 2.34. The van der Waals surface area contributed by atoms with Gasteiger partial charge >= 0.3 is 0 Å². The molecule has 0 aliphatic carbocycles. The Balaban J connectivity index is 4.59. The lowest BCUT2D eigenvalue weighted by atomic mass is 9.94. The van der Waals surface area contributed by atoms with Crippen molar-refractivity contribution in [2.75, 3.05) is 11.5 Å². The van der Waals surface area contributed by atoms with Crippen molar-refractivity contribution in [2.45, 2.75) is 70.2 Å². The highest BCUT2D eigenvalue weighted by Crippen LogP contribution is 2.23. The number of hydrogen-bond acceptors (Lipinski definition) is 6. The van der Waals surface area contributed by atoms with Crippen LogP contribution < -0.4 is 0 Å². The molecule has 0 fully saturated rings. The Hall–Kier alpha value is -0.0400. The van der Waals surface area contributed by atoms with E-state index < -0.39 is 28.4 Å². The van der Waals surface area contributed by atoms with Gasteiger partial charge in [0.2, 0.25) is 0 Å². The number of rotatable bonds is 14. The molecular weight excluding hydrogens is 320 g/mol. The fourth-order valence-corrected chi connectivity index (χ4v) is 3.91. The van der Waals surface area contributed by atoms with Crippen molar-refractivity contribution in [3.63, 3.8) is 0 Å². The van der Waals surface area contributed by atoms with Crippen LogP contribution in [0.5, 0.6) is 0 Å². The van der Waals surface area contributed by atoms with Crippen molar-refractivity contribution < 1.29 is 19.8 Å². The lowest BCUT2D eigenvalue weighted by Gasteiger charge is -2.20. The van der Waals surface area contributed by atoms with E-state index in [1.165, 1.54) is 23.5 Å². The summed E-state index contributed by atoms with van der Waals surface area (Å²) in [6.07, 6.45) is 4.90. The minimum Gasteiger partial charge on any atom is -0.375 e. The molecule has 4 nitrogen and oxygen atoms in total. The number of thioether (sulfide) groups is 2. The molecular formula is C16H30O4S2. The van der Waals surface area contributed by atoms with Crippen LogP contribution in [0.25, 0.3) is 0 Å². The molecule has 0 amide bonds. The molecule has 0 aromatic heterocycles. The van der Waals surface area contributed by atoms with E-state index in [2.05, 4.69) is 0 Å². The van der Waals surface area contributed by atoms with E-state index in [4.69, 9.17) is 0 Å². The van der Waals surface area contributed by atoms with Gasteiger partial charge in [-0.25, -0.2) is 0 Å². The monoisotopic (exact) mass is 350 g/mol. The Morgan fingerprint density at radius 2 is 1.23 bits per heavy atom. The van der Waals surface area contributed by atoms with Crippen LogP contribution in [0.4, 0.5) is 0 Å². The van der Waals surface area contributed by atoms with Gasteiger partial charge in [0.15, 0.2) is 22.4 Å². The van der Waals surface area contributed by atoms with E-state index in [0.717, 1.165) is 25.7 Å². The lowest BCUT2D eigenvalue weighted by molar-refractivity contribution is -0.138. The fraction of sp³-hybridized carbons (Fsp3) is 0.875. The summed E-state index contributed by atoms with van der Waals surface area (Å²) >= 11 is 2.36. The maximum absolute atomic E-state index is 12.3. The summed E-state index contributed by atoms with van der Waals surface area (Å²) in [5.74, 6) is -0.404. The number of carbonyl (C=O) groups is 2. The molecule has 0 rings (SSSR count). The molecule has 22 heavy (non-hydrogen) atoms. The van der Waals surface area contributed by atoms with Crippen LogP contribution in [0.15, 0.2) is 0 Å². The van der Waals surface area contributed by atoms with Crippen LogP contribution in [0.1, 0.15) is 59.3 Å². The molecule has 0 spiro atoms. The molecule has 130 valence electrons. The third-order valence-electron chi connectivity index (χ3n) is 3.30. The Bertz CT molecular complexity index is 295. The van der Waals surface area contributed by atoms with Gasteiger partial charge in [0, 0.05) is 0 Å². The summed E-state index contributed by atoms with van der Waals surface area (Å²) in [7, 11) is 0. The Morgan fingerprint density at radius 1 is 0.818 bits per heavy atom. The summed E-state index contributed by atoms with van der Waals surface area (Å²) in [5.41, 5.74) is -2.33. The SMILES string of the molecule is CCCCSC(O)C(=O)C(CCC)C(=O)C(O)SCCCC. The number of ketones is 2. The third-order valence-corrected chi connectivity index (χ3v) is 5.44. The highest BCUT2D eigenvalue weighted by atomic mass is 32.2. The third kappa shape index (κ3) is 8.56. The molecule has 6 heteroatoms. The summed E-state index contributed by atoms with van der Waals surface area (Å²) in [5, 5.41) is 19.9. The topological polar surface area (TPSA) is 74.6 Å². The zero-order valence-electron chi connectivity index (χ0n) is 13.9. The Morgan fingerprint density at radius 3 is 1.55 bits per heavy atom. The maximum Gasteiger partial charge on any atom is 0.182 e. The number of hydrogen-bond donors (Lipinski definition) is 2. The van der Waals surface area contributed by atoms with Crippen molar-refractivity contribution in [1.82, 2.24) is 0 Å². The molecule has 2 N–H and O–H groups in total. The molecule has 0 aromatic rings. The maximum atomic E-state index is 12.3. The quantitative estimate of drug-likeness (QED) is 0.285. The zero-order valence-corrected chi connectivity index (χ0v) is 15.5. The second-order valence-electron chi connectivity index (χ2n) is 5.30. The summed E-state index contributed by atoms with van der Waals surface area (Å²) in [6, 6.07) is 0. The summed E-state index contributed by atoms with van der Waals surface area (Å²) in [4.78, 5) is 24.6. The Labute approximate surface area is 142 Å². The summed E-state index contributed by atoms with van der Waals surface area (Å²) < 4.78 is 0. The predicted octanol–water partition coefficient (Wildman–Crippen LogP) is 3.24. The zero-order chi connectivity index (χ0) is 17.0.